The van der Waals surface area contributed by atoms with Crippen LogP contribution in [0, 0.1) is 0 Å². The fourth-order valence-electron chi connectivity index (χ4n) is 3.15. The van der Waals surface area contributed by atoms with Crippen LogP contribution in [-0.4, -0.2) is 68.4 Å². The molecule has 1 amide bonds. The van der Waals surface area contributed by atoms with Crippen molar-refractivity contribution in [3.8, 4) is 0 Å². The highest BCUT2D eigenvalue weighted by atomic mass is 32.2. The van der Waals surface area contributed by atoms with Crippen LogP contribution in [0.2, 0.25) is 0 Å². The highest BCUT2D eigenvalue weighted by molar-refractivity contribution is 8.16. The first-order chi connectivity index (χ1) is 9.70. The second-order valence-corrected chi connectivity index (χ2v) is 7.10. The largest absolute Gasteiger partial charge is 0.394 e. The van der Waals surface area contributed by atoms with Gasteiger partial charge in [0, 0.05) is 6.04 Å². The molecule has 1 saturated heterocycles. The average Bonchev–Trinajstić information content (AvgIpc) is 2.81. The maximum Gasteiger partial charge on any atom is 0.251 e. The number of carbonyl (C=O) groups excluding carboxylic acids is 1. The maximum absolute atomic E-state index is 12.4. The number of aliphatic hydroxyl groups excluding tert-OH is 2. The van der Waals surface area contributed by atoms with Crippen molar-refractivity contribution in [2.75, 3.05) is 26.6 Å². The second kappa shape index (κ2) is 5.63. The van der Waals surface area contributed by atoms with E-state index in [2.05, 4.69) is 9.89 Å². The van der Waals surface area contributed by atoms with E-state index in [1.165, 1.54) is 43.9 Å². The van der Waals surface area contributed by atoms with Crippen LogP contribution in [0.3, 0.4) is 0 Å². The molecule has 2 aliphatic heterocycles. The standard InChI is InChI=1S/C13H21N3O3S/c17-6-13(7-18)11(19)16-9-15(8-14-12(16)20-13)10-4-2-1-3-5-10/h10,17-18H,1-9H2. The number of rotatable bonds is 3. The summed E-state index contributed by atoms with van der Waals surface area (Å²) in [6.45, 7) is 0.443. The third kappa shape index (κ3) is 2.26. The lowest BCUT2D eigenvalue weighted by atomic mass is 9.94. The van der Waals surface area contributed by atoms with Crippen molar-refractivity contribution in [1.82, 2.24) is 9.80 Å². The first-order valence-electron chi connectivity index (χ1n) is 7.21. The number of amidine groups is 1. The molecule has 0 unspecified atom stereocenters. The molecule has 1 saturated carbocycles. The lowest BCUT2D eigenvalue weighted by Crippen LogP contribution is -2.52. The second-order valence-electron chi connectivity index (χ2n) is 5.75. The van der Waals surface area contributed by atoms with Gasteiger partial charge in [-0.1, -0.05) is 31.0 Å². The van der Waals surface area contributed by atoms with Gasteiger partial charge in [-0.05, 0) is 12.8 Å². The number of thioether (sulfide) groups is 1. The van der Waals surface area contributed by atoms with Crippen LogP contribution < -0.4 is 0 Å². The van der Waals surface area contributed by atoms with Gasteiger partial charge in [0.2, 0.25) is 0 Å². The molecule has 20 heavy (non-hydrogen) atoms. The molecule has 2 heterocycles. The number of carbonyl (C=O) groups is 1. The first-order valence-corrected chi connectivity index (χ1v) is 8.03. The summed E-state index contributed by atoms with van der Waals surface area (Å²) in [5, 5.41) is 19.5. The Morgan fingerprint density at radius 1 is 1.25 bits per heavy atom. The van der Waals surface area contributed by atoms with Gasteiger partial charge in [-0.2, -0.15) is 0 Å². The maximum atomic E-state index is 12.4. The summed E-state index contributed by atoms with van der Waals surface area (Å²) < 4.78 is -1.14. The van der Waals surface area contributed by atoms with Gasteiger partial charge in [-0.3, -0.25) is 14.6 Å². The smallest absolute Gasteiger partial charge is 0.251 e. The van der Waals surface area contributed by atoms with Crippen LogP contribution in [0.25, 0.3) is 0 Å². The lowest BCUT2D eigenvalue weighted by Gasteiger charge is -2.38. The minimum Gasteiger partial charge on any atom is -0.394 e. The summed E-state index contributed by atoms with van der Waals surface area (Å²) >= 11 is 1.20. The third-order valence-electron chi connectivity index (χ3n) is 4.47. The van der Waals surface area contributed by atoms with Gasteiger partial charge in [-0.15, -0.1) is 0 Å². The molecule has 2 fully saturated rings. The van der Waals surface area contributed by atoms with Gasteiger partial charge in [0.1, 0.15) is 4.75 Å². The molecular weight excluding hydrogens is 278 g/mol. The quantitative estimate of drug-likeness (QED) is 0.779. The van der Waals surface area contributed by atoms with Crippen molar-refractivity contribution in [3.63, 3.8) is 0 Å². The molecule has 1 aliphatic carbocycles. The van der Waals surface area contributed by atoms with E-state index in [-0.39, 0.29) is 19.1 Å². The van der Waals surface area contributed by atoms with Crippen LogP contribution in [0.15, 0.2) is 4.99 Å². The summed E-state index contributed by atoms with van der Waals surface area (Å²) in [6.07, 6.45) is 6.14. The summed E-state index contributed by atoms with van der Waals surface area (Å²) in [7, 11) is 0. The van der Waals surface area contributed by atoms with E-state index in [1.54, 1.807) is 4.90 Å². The molecule has 0 aromatic rings. The molecular formula is C13H21N3O3S. The van der Waals surface area contributed by atoms with Crippen LogP contribution in [0.4, 0.5) is 0 Å². The zero-order chi connectivity index (χ0) is 14.2. The highest BCUT2D eigenvalue weighted by Gasteiger charge is 2.52. The van der Waals surface area contributed by atoms with Gasteiger partial charge < -0.3 is 10.2 Å². The average molecular weight is 299 g/mol. The molecule has 6 nitrogen and oxygen atoms in total. The Morgan fingerprint density at radius 3 is 2.60 bits per heavy atom. The predicted octanol–water partition coefficient (Wildman–Crippen LogP) is 0.204. The van der Waals surface area contributed by atoms with Crippen molar-refractivity contribution in [3.05, 3.63) is 0 Å². The Balaban J connectivity index is 1.74. The molecule has 3 aliphatic rings. The van der Waals surface area contributed by atoms with Gasteiger partial charge in [0.15, 0.2) is 5.17 Å². The van der Waals surface area contributed by atoms with E-state index >= 15 is 0 Å². The number of fused-ring (bicyclic) bond motifs is 1. The molecule has 3 rings (SSSR count). The van der Waals surface area contributed by atoms with Crippen molar-refractivity contribution < 1.29 is 15.0 Å². The molecule has 2 N–H and O–H groups in total. The van der Waals surface area contributed by atoms with Crippen LogP contribution in [-0.2, 0) is 4.79 Å². The Kier molecular flexibility index (Phi) is 4.03. The van der Waals surface area contributed by atoms with E-state index < -0.39 is 4.75 Å². The molecule has 0 atom stereocenters. The van der Waals surface area contributed by atoms with Crippen molar-refractivity contribution in [2.45, 2.75) is 42.9 Å². The number of amides is 1. The van der Waals surface area contributed by atoms with Crippen molar-refractivity contribution in [1.29, 1.82) is 0 Å². The summed E-state index contributed by atoms with van der Waals surface area (Å²) in [6, 6.07) is 0.505. The molecule has 0 aromatic heterocycles. The van der Waals surface area contributed by atoms with Crippen molar-refractivity contribution >= 4 is 22.8 Å². The Bertz CT molecular complexity index is 419. The van der Waals surface area contributed by atoms with Crippen LogP contribution in [0.1, 0.15) is 32.1 Å². The van der Waals surface area contributed by atoms with Gasteiger partial charge >= 0.3 is 0 Å². The number of hydrogen-bond donors (Lipinski definition) is 2. The Morgan fingerprint density at radius 2 is 1.95 bits per heavy atom. The SMILES string of the molecule is O=C1N2CN(C3CCCCC3)CN=C2SC1(CO)CO. The summed E-state index contributed by atoms with van der Waals surface area (Å²) in [5.74, 6) is -0.216. The Hall–Kier alpha value is -0.630. The minimum absolute atomic E-state index is 0.216. The summed E-state index contributed by atoms with van der Waals surface area (Å²) in [5.41, 5.74) is 0. The molecule has 0 radical (unpaired) electrons. The van der Waals surface area contributed by atoms with E-state index in [0.717, 1.165) is 0 Å². The number of hydrogen-bond acceptors (Lipinski definition) is 6. The Labute approximate surface area is 122 Å². The van der Waals surface area contributed by atoms with E-state index in [0.29, 0.717) is 24.5 Å². The number of aliphatic imine (C=N–C) groups is 1. The molecule has 7 heteroatoms. The number of aliphatic hydroxyl groups is 2. The fraction of sp³-hybridized carbons (Fsp3) is 0.846. The van der Waals surface area contributed by atoms with Crippen LogP contribution >= 0.6 is 11.8 Å². The monoisotopic (exact) mass is 299 g/mol. The molecule has 0 bridgehead atoms. The third-order valence-corrected chi connectivity index (χ3v) is 5.82. The zero-order valence-electron chi connectivity index (χ0n) is 11.5. The van der Waals surface area contributed by atoms with Crippen LogP contribution in [0.5, 0.6) is 0 Å². The van der Waals surface area contributed by atoms with Gasteiger partial charge in [0.25, 0.3) is 5.91 Å². The first kappa shape index (κ1) is 14.3. The number of nitrogens with zero attached hydrogens (tertiary/aromatic N) is 3. The lowest BCUT2D eigenvalue weighted by molar-refractivity contribution is -0.133. The molecule has 0 aromatic carbocycles. The molecule has 112 valence electrons. The van der Waals surface area contributed by atoms with Crippen molar-refractivity contribution in [2.24, 2.45) is 4.99 Å². The van der Waals surface area contributed by atoms with E-state index in [4.69, 9.17) is 0 Å². The zero-order valence-corrected chi connectivity index (χ0v) is 12.3. The predicted molar refractivity (Wildman–Crippen MR) is 77.2 cm³/mol. The normalized spacial score (nSPS) is 27.6. The fourth-order valence-corrected chi connectivity index (χ4v) is 4.20. The van der Waals surface area contributed by atoms with E-state index in [9.17, 15) is 15.0 Å². The topological polar surface area (TPSA) is 76.4 Å². The highest BCUT2D eigenvalue weighted by Crippen LogP contribution is 2.39. The minimum atomic E-state index is -1.14. The molecule has 0 spiro atoms. The summed E-state index contributed by atoms with van der Waals surface area (Å²) in [4.78, 5) is 20.8. The van der Waals surface area contributed by atoms with Gasteiger partial charge in [-0.25, -0.2) is 4.99 Å². The van der Waals surface area contributed by atoms with Gasteiger partial charge in [0.05, 0.1) is 26.6 Å². The van der Waals surface area contributed by atoms with E-state index in [1.807, 2.05) is 0 Å².